The highest BCUT2D eigenvalue weighted by atomic mass is 32.1. The second kappa shape index (κ2) is 9.69. The van der Waals surface area contributed by atoms with Gasteiger partial charge in [-0.1, -0.05) is 24.3 Å². The van der Waals surface area contributed by atoms with Gasteiger partial charge in [-0.3, -0.25) is 9.98 Å². The molecule has 0 spiro atoms. The van der Waals surface area contributed by atoms with Crippen LogP contribution in [0.15, 0.2) is 46.9 Å². The summed E-state index contributed by atoms with van der Waals surface area (Å²) in [4.78, 5) is 12.5. The highest BCUT2D eigenvalue weighted by molar-refractivity contribution is 7.09. The lowest BCUT2D eigenvalue weighted by Crippen LogP contribution is -2.38. The van der Waals surface area contributed by atoms with Gasteiger partial charge in [-0.15, -0.1) is 11.3 Å². The van der Waals surface area contributed by atoms with Gasteiger partial charge < -0.3 is 10.6 Å². The fraction of sp³-hybridized carbons (Fsp3) is 0.350. The van der Waals surface area contributed by atoms with Crippen molar-refractivity contribution in [1.82, 2.24) is 20.6 Å². The lowest BCUT2D eigenvalue weighted by atomic mass is 10.1. The van der Waals surface area contributed by atoms with Crippen LogP contribution in [0.4, 0.5) is 13.2 Å². The molecule has 0 fully saturated rings. The first-order valence-corrected chi connectivity index (χ1v) is 10.2. The normalized spacial score (nSPS) is 12.3. The Bertz CT molecular complexity index is 963. The number of hydrogen-bond acceptors (Lipinski definition) is 4. The number of guanidine groups is 1. The van der Waals surface area contributed by atoms with Crippen LogP contribution < -0.4 is 10.6 Å². The monoisotopic (exact) mass is 421 g/mol. The smallest absolute Gasteiger partial charge is 0.357 e. The molecule has 3 aromatic rings. The van der Waals surface area contributed by atoms with Crippen molar-refractivity contribution < 1.29 is 13.2 Å². The van der Waals surface area contributed by atoms with E-state index < -0.39 is 11.9 Å². The van der Waals surface area contributed by atoms with Crippen LogP contribution in [0.2, 0.25) is 0 Å². The number of aromatic nitrogens is 2. The Hall–Kier alpha value is -2.68. The number of nitrogens with one attached hydrogen (secondary N) is 2. The molecular weight excluding hydrogens is 399 g/mol. The van der Waals surface area contributed by atoms with Crippen molar-refractivity contribution in [2.75, 3.05) is 19.6 Å². The molecule has 9 heteroatoms. The minimum Gasteiger partial charge on any atom is -0.357 e. The Labute approximate surface area is 171 Å². The van der Waals surface area contributed by atoms with Crippen molar-refractivity contribution in [3.63, 3.8) is 0 Å². The number of halogens is 3. The van der Waals surface area contributed by atoms with Crippen LogP contribution in [-0.4, -0.2) is 35.6 Å². The van der Waals surface area contributed by atoms with E-state index in [0.717, 1.165) is 39.6 Å². The molecule has 0 atom stereocenters. The molecule has 1 aromatic carbocycles. The van der Waals surface area contributed by atoms with E-state index in [2.05, 4.69) is 31.7 Å². The molecule has 0 saturated carbocycles. The molecule has 0 aliphatic carbocycles. The fourth-order valence-electron chi connectivity index (χ4n) is 2.85. The van der Waals surface area contributed by atoms with Gasteiger partial charge in [0.05, 0.1) is 10.5 Å². The Morgan fingerprint density at radius 2 is 1.97 bits per heavy atom. The number of fused-ring (bicyclic) bond motifs is 1. The maximum atomic E-state index is 12.6. The third-order valence-corrected chi connectivity index (χ3v) is 5.09. The third kappa shape index (κ3) is 5.90. The predicted molar refractivity (Wildman–Crippen MR) is 110 cm³/mol. The average molecular weight is 421 g/mol. The van der Waals surface area contributed by atoms with Crippen molar-refractivity contribution in [1.29, 1.82) is 0 Å². The van der Waals surface area contributed by atoms with Crippen LogP contribution in [0.3, 0.4) is 0 Å². The standard InChI is InChI=1S/C20H22F3N5S/c1-2-24-19(27-12-9-17-28-16(13-29-17)20(21,22)23)26-11-8-15-6-3-5-14-7-4-10-25-18(14)15/h3-7,10,13H,2,8-9,11-12H2,1H3,(H2,24,26,27). The maximum Gasteiger partial charge on any atom is 0.434 e. The number of nitrogens with zero attached hydrogens (tertiary/aromatic N) is 3. The largest absolute Gasteiger partial charge is 0.434 e. The van der Waals surface area contributed by atoms with Crippen molar-refractivity contribution in [2.24, 2.45) is 4.99 Å². The Balaban J connectivity index is 1.54. The molecule has 0 unspecified atom stereocenters. The van der Waals surface area contributed by atoms with Crippen molar-refractivity contribution >= 4 is 28.2 Å². The number of pyridine rings is 1. The summed E-state index contributed by atoms with van der Waals surface area (Å²) in [6.07, 6.45) is -1.47. The van der Waals surface area contributed by atoms with E-state index in [0.29, 0.717) is 37.0 Å². The summed E-state index contributed by atoms with van der Waals surface area (Å²) in [5.41, 5.74) is 1.30. The second-order valence-corrected chi connectivity index (χ2v) is 7.25. The van der Waals surface area contributed by atoms with Crippen molar-refractivity contribution in [2.45, 2.75) is 25.9 Å². The van der Waals surface area contributed by atoms with Gasteiger partial charge in [-0.2, -0.15) is 13.2 Å². The zero-order valence-electron chi connectivity index (χ0n) is 16.0. The lowest BCUT2D eigenvalue weighted by molar-refractivity contribution is -0.140. The number of benzene rings is 1. The van der Waals surface area contributed by atoms with Gasteiger partial charge in [0.2, 0.25) is 0 Å². The summed E-state index contributed by atoms with van der Waals surface area (Å²) in [6, 6.07) is 10.1. The highest BCUT2D eigenvalue weighted by Gasteiger charge is 2.33. The lowest BCUT2D eigenvalue weighted by Gasteiger charge is -2.12. The second-order valence-electron chi connectivity index (χ2n) is 6.30. The zero-order chi connectivity index (χ0) is 20.7. The fourth-order valence-corrected chi connectivity index (χ4v) is 3.64. The Morgan fingerprint density at radius 3 is 2.72 bits per heavy atom. The SMILES string of the molecule is CCNC(=NCCc1nc(C(F)(F)F)cs1)NCCc1cccc2cccnc12. The molecule has 0 aliphatic heterocycles. The van der Waals surface area contributed by atoms with Gasteiger partial charge in [0.1, 0.15) is 0 Å². The number of hydrogen-bond donors (Lipinski definition) is 2. The van der Waals surface area contributed by atoms with Gasteiger partial charge in [0.15, 0.2) is 11.7 Å². The zero-order valence-corrected chi connectivity index (χ0v) is 16.8. The van der Waals surface area contributed by atoms with Gasteiger partial charge in [0.25, 0.3) is 0 Å². The molecule has 5 nitrogen and oxygen atoms in total. The summed E-state index contributed by atoms with van der Waals surface area (Å²) in [5, 5.41) is 8.99. The van der Waals surface area contributed by atoms with E-state index >= 15 is 0 Å². The van der Waals surface area contributed by atoms with E-state index in [4.69, 9.17) is 0 Å². The number of aliphatic imine (C=N–C) groups is 1. The van der Waals surface area contributed by atoms with Gasteiger partial charge in [-0.05, 0) is 25.0 Å². The number of para-hydroxylation sites is 1. The summed E-state index contributed by atoms with van der Waals surface area (Å²) in [5.74, 6) is 0.633. The van der Waals surface area contributed by atoms with Crippen LogP contribution in [0.5, 0.6) is 0 Å². The molecular formula is C20H22F3N5S. The molecule has 154 valence electrons. The predicted octanol–water partition coefficient (Wildman–Crippen LogP) is 4.05. The van der Waals surface area contributed by atoms with E-state index in [9.17, 15) is 13.2 Å². The minimum absolute atomic E-state index is 0.357. The first-order valence-electron chi connectivity index (χ1n) is 9.33. The van der Waals surface area contributed by atoms with Gasteiger partial charge in [-0.25, -0.2) is 4.98 Å². The van der Waals surface area contributed by atoms with E-state index in [-0.39, 0.29) is 0 Å². The molecule has 0 saturated heterocycles. The molecule has 0 bridgehead atoms. The van der Waals surface area contributed by atoms with Crippen molar-refractivity contribution in [3.8, 4) is 0 Å². The molecule has 3 rings (SSSR count). The summed E-state index contributed by atoms with van der Waals surface area (Å²) in [6.45, 7) is 3.67. The third-order valence-electron chi connectivity index (χ3n) is 4.19. The maximum absolute atomic E-state index is 12.6. The first kappa shape index (κ1) is 21.0. The quantitative estimate of drug-likeness (QED) is 0.446. The molecule has 0 amide bonds. The van der Waals surface area contributed by atoms with Crippen molar-refractivity contribution in [3.05, 3.63) is 58.2 Å². The average Bonchev–Trinajstić information content (AvgIpc) is 3.18. The van der Waals surface area contributed by atoms with Crippen LogP contribution >= 0.6 is 11.3 Å². The van der Waals surface area contributed by atoms with Gasteiger partial charge >= 0.3 is 6.18 Å². The molecule has 29 heavy (non-hydrogen) atoms. The molecule has 0 radical (unpaired) electrons. The topological polar surface area (TPSA) is 62.2 Å². The first-order chi connectivity index (χ1) is 14.0. The van der Waals surface area contributed by atoms with E-state index in [1.165, 1.54) is 0 Å². The van der Waals surface area contributed by atoms with Gasteiger partial charge in [0, 0.05) is 43.0 Å². The highest BCUT2D eigenvalue weighted by Crippen LogP contribution is 2.30. The molecule has 2 aromatic heterocycles. The molecule has 2 N–H and O–H groups in total. The summed E-state index contributed by atoms with van der Waals surface area (Å²) in [7, 11) is 0. The van der Waals surface area contributed by atoms with E-state index in [1.54, 1.807) is 6.20 Å². The Morgan fingerprint density at radius 1 is 1.14 bits per heavy atom. The number of thiazole rings is 1. The summed E-state index contributed by atoms with van der Waals surface area (Å²) < 4.78 is 37.9. The number of rotatable bonds is 7. The van der Waals surface area contributed by atoms with Crippen LogP contribution in [0.1, 0.15) is 23.2 Å². The van der Waals surface area contributed by atoms with Crippen LogP contribution in [0, 0.1) is 0 Å². The van der Waals surface area contributed by atoms with E-state index in [1.807, 2.05) is 31.2 Å². The molecule has 0 aliphatic rings. The number of alkyl halides is 3. The molecule has 2 heterocycles. The minimum atomic E-state index is -4.40. The van der Waals surface area contributed by atoms with Crippen LogP contribution in [-0.2, 0) is 19.0 Å². The Kier molecular flexibility index (Phi) is 7.03. The summed E-state index contributed by atoms with van der Waals surface area (Å²) >= 11 is 1.01. The van der Waals surface area contributed by atoms with Crippen LogP contribution in [0.25, 0.3) is 10.9 Å².